The molecule has 0 unspecified atom stereocenters. The standard InChI is InChI=1S/C9H9N3S2/c1-6-3-4-10-5-7(6)8-9(13-2)12-14-11-8/h3-5H,1-2H3. The monoisotopic (exact) mass is 223 g/mol. The van der Waals surface area contributed by atoms with E-state index >= 15 is 0 Å². The molecule has 3 nitrogen and oxygen atoms in total. The highest BCUT2D eigenvalue weighted by molar-refractivity contribution is 7.98. The number of aryl methyl sites for hydroxylation is 1. The van der Waals surface area contributed by atoms with Crippen molar-refractivity contribution in [2.75, 3.05) is 6.26 Å². The van der Waals surface area contributed by atoms with E-state index in [1.54, 1.807) is 18.0 Å². The van der Waals surface area contributed by atoms with Crippen molar-refractivity contribution in [3.63, 3.8) is 0 Å². The lowest BCUT2D eigenvalue weighted by Gasteiger charge is -2.01. The second kappa shape index (κ2) is 4.06. The quantitative estimate of drug-likeness (QED) is 0.734. The highest BCUT2D eigenvalue weighted by Gasteiger charge is 2.11. The van der Waals surface area contributed by atoms with Crippen LogP contribution in [-0.2, 0) is 0 Å². The first kappa shape index (κ1) is 9.61. The maximum Gasteiger partial charge on any atom is 0.138 e. The molecule has 0 aliphatic heterocycles. The largest absolute Gasteiger partial charge is 0.264 e. The topological polar surface area (TPSA) is 38.7 Å². The minimum atomic E-state index is 0.952. The van der Waals surface area contributed by atoms with Crippen molar-refractivity contribution in [2.24, 2.45) is 0 Å². The van der Waals surface area contributed by atoms with Crippen LogP contribution >= 0.6 is 23.5 Å². The van der Waals surface area contributed by atoms with Crippen molar-refractivity contribution in [3.05, 3.63) is 24.0 Å². The average Bonchev–Trinajstić information content (AvgIpc) is 2.66. The molecule has 0 radical (unpaired) electrons. The Morgan fingerprint density at radius 1 is 1.36 bits per heavy atom. The summed E-state index contributed by atoms with van der Waals surface area (Å²) in [6.45, 7) is 2.06. The Balaban J connectivity index is 2.54. The van der Waals surface area contributed by atoms with E-state index in [1.807, 2.05) is 18.5 Å². The first-order chi connectivity index (χ1) is 6.83. The Hall–Kier alpha value is -0.940. The van der Waals surface area contributed by atoms with Crippen LogP contribution in [0.25, 0.3) is 11.3 Å². The Bertz CT molecular complexity index is 439. The Morgan fingerprint density at radius 2 is 2.21 bits per heavy atom. The van der Waals surface area contributed by atoms with Crippen LogP contribution in [0.15, 0.2) is 23.5 Å². The maximum atomic E-state index is 4.29. The third kappa shape index (κ3) is 1.65. The summed E-state index contributed by atoms with van der Waals surface area (Å²) in [6, 6.07) is 1.98. The van der Waals surface area contributed by atoms with Crippen LogP contribution in [0, 0.1) is 6.92 Å². The van der Waals surface area contributed by atoms with Gasteiger partial charge in [-0.1, -0.05) is 0 Å². The third-order valence-corrected chi connectivity index (χ3v) is 3.26. The van der Waals surface area contributed by atoms with Crippen molar-refractivity contribution in [1.29, 1.82) is 0 Å². The second-order valence-electron chi connectivity index (χ2n) is 2.81. The normalized spacial score (nSPS) is 10.4. The molecule has 2 aromatic rings. The lowest BCUT2D eigenvalue weighted by atomic mass is 10.1. The number of aromatic nitrogens is 3. The molecule has 14 heavy (non-hydrogen) atoms. The van der Waals surface area contributed by atoms with E-state index in [1.165, 1.54) is 17.3 Å². The SMILES string of the molecule is CSc1nsnc1-c1cnccc1C. The van der Waals surface area contributed by atoms with Gasteiger partial charge in [-0.15, -0.1) is 11.8 Å². The van der Waals surface area contributed by atoms with Crippen LogP contribution in [0.3, 0.4) is 0 Å². The molecule has 0 bridgehead atoms. The molecule has 5 heteroatoms. The summed E-state index contributed by atoms with van der Waals surface area (Å²) >= 11 is 2.86. The van der Waals surface area contributed by atoms with E-state index < -0.39 is 0 Å². The van der Waals surface area contributed by atoms with E-state index in [0.29, 0.717) is 0 Å². The Kier molecular flexibility index (Phi) is 2.79. The predicted octanol–water partition coefficient (Wildman–Crippen LogP) is 2.63. The van der Waals surface area contributed by atoms with E-state index in [2.05, 4.69) is 20.7 Å². The lowest BCUT2D eigenvalue weighted by molar-refractivity contribution is 1.22. The molecule has 0 aromatic carbocycles. The summed E-state index contributed by atoms with van der Waals surface area (Å²) in [4.78, 5) is 4.10. The molecule has 0 aliphatic rings. The summed E-state index contributed by atoms with van der Waals surface area (Å²) in [5, 5.41) is 0.978. The fourth-order valence-corrected chi connectivity index (χ4v) is 2.46. The number of hydrogen-bond donors (Lipinski definition) is 0. The summed E-state index contributed by atoms with van der Waals surface area (Å²) < 4.78 is 8.51. The van der Waals surface area contributed by atoms with Crippen LogP contribution in [0.4, 0.5) is 0 Å². The van der Waals surface area contributed by atoms with Crippen molar-refractivity contribution in [3.8, 4) is 11.3 Å². The minimum absolute atomic E-state index is 0.952. The zero-order chi connectivity index (χ0) is 9.97. The van der Waals surface area contributed by atoms with E-state index in [9.17, 15) is 0 Å². The Morgan fingerprint density at radius 3 is 2.93 bits per heavy atom. The molecular formula is C9H9N3S2. The van der Waals surface area contributed by atoms with E-state index in [4.69, 9.17) is 0 Å². The molecule has 0 saturated carbocycles. The number of thioether (sulfide) groups is 1. The minimum Gasteiger partial charge on any atom is -0.264 e. The van der Waals surface area contributed by atoms with Crippen molar-refractivity contribution < 1.29 is 0 Å². The Labute approximate surface area is 90.9 Å². The molecule has 0 saturated heterocycles. The van der Waals surface area contributed by atoms with Crippen molar-refractivity contribution >= 4 is 23.5 Å². The maximum absolute atomic E-state index is 4.29. The summed E-state index contributed by atoms with van der Waals surface area (Å²) in [5.74, 6) is 0. The fraction of sp³-hybridized carbons (Fsp3) is 0.222. The van der Waals surface area contributed by atoms with Crippen LogP contribution in [0.5, 0.6) is 0 Å². The molecule has 0 aliphatic carbocycles. The first-order valence-corrected chi connectivity index (χ1v) is 6.06. The van der Waals surface area contributed by atoms with Gasteiger partial charge >= 0.3 is 0 Å². The van der Waals surface area contributed by atoms with Gasteiger partial charge in [0.15, 0.2) is 0 Å². The summed E-state index contributed by atoms with van der Waals surface area (Å²) in [5.41, 5.74) is 3.21. The molecule has 2 aromatic heterocycles. The number of nitrogens with zero attached hydrogens (tertiary/aromatic N) is 3. The van der Waals surface area contributed by atoms with Crippen LogP contribution in [-0.4, -0.2) is 20.0 Å². The van der Waals surface area contributed by atoms with Crippen molar-refractivity contribution in [2.45, 2.75) is 11.9 Å². The van der Waals surface area contributed by atoms with Gasteiger partial charge in [0, 0.05) is 18.0 Å². The first-order valence-electron chi connectivity index (χ1n) is 4.10. The van der Waals surface area contributed by atoms with Gasteiger partial charge in [0.25, 0.3) is 0 Å². The molecule has 0 atom stereocenters. The molecular weight excluding hydrogens is 214 g/mol. The van der Waals surface area contributed by atoms with Crippen molar-refractivity contribution in [1.82, 2.24) is 13.7 Å². The highest BCUT2D eigenvalue weighted by atomic mass is 32.2. The van der Waals surface area contributed by atoms with Gasteiger partial charge in [-0.25, -0.2) is 0 Å². The molecule has 0 spiro atoms. The number of rotatable bonds is 2. The van der Waals surface area contributed by atoms with Gasteiger partial charge < -0.3 is 0 Å². The van der Waals surface area contributed by atoms with Gasteiger partial charge in [-0.3, -0.25) is 4.98 Å². The van der Waals surface area contributed by atoms with Gasteiger partial charge in [0.2, 0.25) is 0 Å². The molecule has 2 heterocycles. The predicted molar refractivity (Wildman–Crippen MR) is 59.7 cm³/mol. The van der Waals surface area contributed by atoms with Gasteiger partial charge in [0.1, 0.15) is 10.7 Å². The zero-order valence-corrected chi connectivity index (χ0v) is 9.52. The highest BCUT2D eigenvalue weighted by Crippen LogP contribution is 2.29. The molecule has 72 valence electrons. The van der Waals surface area contributed by atoms with Crippen LogP contribution in [0.1, 0.15) is 5.56 Å². The third-order valence-electron chi connectivity index (χ3n) is 1.95. The number of pyridine rings is 1. The van der Waals surface area contributed by atoms with Gasteiger partial charge in [-0.2, -0.15) is 8.75 Å². The molecule has 0 N–H and O–H groups in total. The van der Waals surface area contributed by atoms with Crippen LogP contribution < -0.4 is 0 Å². The molecule has 0 amide bonds. The molecule has 2 rings (SSSR count). The second-order valence-corrected chi connectivity index (χ2v) is 4.14. The number of hydrogen-bond acceptors (Lipinski definition) is 5. The smallest absolute Gasteiger partial charge is 0.138 e. The molecule has 0 fully saturated rings. The zero-order valence-electron chi connectivity index (χ0n) is 7.89. The van der Waals surface area contributed by atoms with Gasteiger partial charge in [-0.05, 0) is 24.8 Å². The van der Waals surface area contributed by atoms with E-state index in [-0.39, 0.29) is 0 Å². The van der Waals surface area contributed by atoms with Crippen LogP contribution in [0.2, 0.25) is 0 Å². The van der Waals surface area contributed by atoms with E-state index in [0.717, 1.165) is 16.3 Å². The lowest BCUT2D eigenvalue weighted by Crippen LogP contribution is -1.86. The fourth-order valence-electron chi connectivity index (χ4n) is 1.19. The summed E-state index contributed by atoms with van der Waals surface area (Å²) in [7, 11) is 0. The summed E-state index contributed by atoms with van der Waals surface area (Å²) in [6.07, 6.45) is 5.63. The van der Waals surface area contributed by atoms with Gasteiger partial charge in [0.05, 0.1) is 11.7 Å². The average molecular weight is 223 g/mol.